The normalized spacial score (nSPS) is 22.0. The summed E-state index contributed by atoms with van der Waals surface area (Å²) in [7, 11) is 0. The van der Waals surface area contributed by atoms with E-state index < -0.39 is 29.4 Å². The number of likely N-dealkylation sites (tertiary alicyclic amines) is 2. The lowest BCUT2D eigenvalue weighted by atomic mass is 9.75. The van der Waals surface area contributed by atoms with Crippen molar-refractivity contribution in [1.82, 2.24) is 9.80 Å². The van der Waals surface area contributed by atoms with Crippen molar-refractivity contribution in [3.8, 4) is 0 Å². The molecule has 0 saturated carbocycles. The monoisotopic (exact) mass is 470 g/mol. The van der Waals surface area contributed by atoms with Crippen LogP contribution in [0.25, 0.3) is 0 Å². The van der Waals surface area contributed by atoms with E-state index in [2.05, 4.69) is 0 Å². The fraction of sp³-hybridized carbons (Fsp3) is 0.400. The predicted molar refractivity (Wildman–Crippen MR) is 122 cm³/mol. The van der Waals surface area contributed by atoms with E-state index in [4.69, 9.17) is 16.3 Å². The fourth-order valence-corrected chi connectivity index (χ4v) is 5.14. The first-order valence-electron chi connectivity index (χ1n) is 11.1. The highest BCUT2D eigenvalue weighted by Gasteiger charge is 2.62. The number of carbonyl (C=O) groups excluding carboxylic acids is 3. The zero-order chi connectivity index (χ0) is 23.6. The SMILES string of the molecule is CCOC(=O)[C@H]1[C@@H](O)C(=O)N(Cc2ccccc2)C12CCN(C(=O)c1ccc(Cl)cc1)CC2. The van der Waals surface area contributed by atoms with E-state index in [1.54, 1.807) is 41.0 Å². The molecule has 2 aromatic carbocycles. The van der Waals surface area contributed by atoms with Crippen LogP contribution in [0.15, 0.2) is 54.6 Å². The van der Waals surface area contributed by atoms with Gasteiger partial charge in [-0.05, 0) is 49.6 Å². The fourth-order valence-electron chi connectivity index (χ4n) is 5.02. The largest absolute Gasteiger partial charge is 0.466 e. The van der Waals surface area contributed by atoms with Crippen LogP contribution in [0.5, 0.6) is 0 Å². The Hall–Kier alpha value is -2.90. The quantitative estimate of drug-likeness (QED) is 0.679. The van der Waals surface area contributed by atoms with Gasteiger partial charge in [0.1, 0.15) is 12.0 Å². The van der Waals surface area contributed by atoms with Crippen molar-refractivity contribution >= 4 is 29.4 Å². The number of nitrogens with zero attached hydrogens (tertiary/aromatic N) is 2. The molecule has 2 atom stereocenters. The van der Waals surface area contributed by atoms with Gasteiger partial charge in [-0.25, -0.2) is 0 Å². The second kappa shape index (κ2) is 9.53. The zero-order valence-electron chi connectivity index (χ0n) is 18.4. The summed E-state index contributed by atoms with van der Waals surface area (Å²) in [6, 6.07) is 16.2. The van der Waals surface area contributed by atoms with Gasteiger partial charge in [0.05, 0.1) is 12.1 Å². The molecule has 2 saturated heterocycles. The van der Waals surface area contributed by atoms with E-state index in [0.29, 0.717) is 36.5 Å². The van der Waals surface area contributed by atoms with E-state index in [1.807, 2.05) is 30.3 Å². The molecule has 33 heavy (non-hydrogen) atoms. The van der Waals surface area contributed by atoms with Gasteiger partial charge in [-0.1, -0.05) is 41.9 Å². The van der Waals surface area contributed by atoms with Crippen LogP contribution in [-0.2, 0) is 20.9 Å². The zero-order valence-corrected chi connectivity index (χ0v) is 19.2. The molecular weight excluding hydrogens is 444 g/mol. The average Bonchev–Trinajstić information content (AvgIpc) is 3.02. The summed E-state index contributed by atoms with van der Waals surface area (Å²) in [5.41, 5.74) is 0.512. The third-order valence-corrected chi connectivity index (χ3v) is 6.93. The number of carbonyl (C=O) groups is 3. The minimum Gasteiger partial charge on any atom is -0.466 e. The molecule has 2 aromatic rings. The first-order chi connectivity index (χ1) is 15.9. The number of benzene rings is 2. The summed E-state index contributed by atoms with van der Waals surface area (Å²) in [6.07, 6.45) is -0.733. The minimum absolute atomic E-state index is 0.131. The van der Waals surface area contributed by atoms with Crippen molar-refractivity contribution in [2.24, 2.45) is 5.92 Å². The molecule has 0 aromatic heterocycles. The molecule has 1 N–H and O–H groups in total. The molecule has 2 aliphatic heterocycles. The van der Waals surface area contributed by atoms with Crippen molar-refractivity contribution in [2.75, 3.05) is 19.7 Å². The van der Waals surface area contributed by atoms with Crippen LogP contribution in [-0.4, -0.2) is 64.0 Å². The molecule has 2 aliphatic rings. The van der Waals surface area contributed by atoms with Crippen LogP contribution in [0.2, 0.25) is 5.02 Å². The predicted octanol–water partition coefficient (Wildman–Crippen LogP) is 2.90. The number of aliphatic hydroxyl groups excluding tert-OH is 1. The summed E-state index contributed by atoms with van der Waals surface area (Å²) in [6.45, 7) is 2.83. The average molecular weight is 471 g/mol. The first-order valence-corrected chi connectivity index (χ1v) is 11.5. The number of hydrogen-bond donors (Lipinski definition) is 1. The van der Waals surface area contributed by atoms with Gasteiger partial charge in [-0.15, -0.1) is 0 Å². The van der Waals surface area contributed by atoms with Gasteiger partial charge in [0.2, 0.25) is 0 Å². The number of piperidine rings is 1. The third-order valence-electron chi connectivity index (χ3n) is 6.68. The van der Waals surface area contributed by atoms with Crippen LogP contribution in [0.3, 0.4) is 0 Å². The molecule has 7 nitrogen and oxygen atoms in total. The lowest BCUT2D eigenvalue weighted by Crippen LogP contribution is -2.58. The smallest absolute Gasteiger partial charge is 0.314 e. The summed E-state index contributed by atoms with van der Waals surface area (Å²) in [4.78, 5) is 42.4. The highest BCUT2D eigenvalue weighted by Crippen LogP contribution is 2.45. The Labute approximate surface area is 197 Å². The van der Waals surface area contributed by atoms with Crippen LogP contribution >= 0.6 is 11.6 Å². The van der Waals surface area contributed by atoms with Gasteiger partial charge >= 0.3 is 5.97 Å². The molecule has 1 spiro atoms. The summed E-state index contributed by atoms with van der Waals surface area (Å²) >= 11 is 5.94. The number of rotatable bonds is 5. The van der Waals surface area contributed by atoms with Crippen LogP contribution in [0.1, 0.15) is 35.7 Å². The Balaban J connectivity index is 1.61. The molecule has 174 valence electrons. The molecule has 0 bridgehead atoms. The first kappa shape index (κ1) is 23.3. The third kappa shape index (κ3) is 4.35. The van der Waals surface area contributed by atoms with E-state index in [0.717, 1.165) is 5.56 Å². The van der Waals surface area contributed by atoms with Gasteiger partial charge in [0.25, 0.3) is 11.8 Å². The number of amides is 2. The maximum Gasteiger partial charge on any atom is 0.314 e. The second-order valence-corrected chi connectivity index (χ2v) is 8.92. The Morgan fingerprint density at radius 3 is 2.33 bits per heavy atom. The maximum atomic E-state index is 13.1. The summed E-state index contributed by atoms with van der Waals surface area (Å²) in [5.74, 6) is -2.18. The molecule has 0 aliphatic carbocycles. The molecule has 2 amide bonds. The number of hydrogen-bond acceptors (Lipinski definition) is 5. The molecular formula is C25H27ClN2O5. The summed E-state index contributed by atoms with van der Waals surface area (Å²) in [5, 5.41) is 11.4. The molecule has 4 rings (SSSR count). The minimum atomic E-state index is -1.47. The van der Waals surface area contributed by atoms with Gasteiger partial charge in [-0.3, -0.25) is 14.4 Å². The van der Waals surface area contributed by atoms with E-state index >= 15 is 0 Å². The molecule has 0 unspecified atom stereocenters. The van der Waals surface area contributed by atoms with Crippen molar-refractivity contribution < 1.29 is 24.2 Å². The van der Waals surface area contributed by atoms with Crippen LogP contribution in [0, 0.1) is 5.92 Å². The molecule has 2 heterocycles. The van der Waals surface area contributed by atoms with E-state index in [-0.39, 0.29) is 19.1 Å². The van der Waals surface area contributed by atoms with Crippen LogP contribution < -0.4 is 0 Å². The lowest BCUT2D eigenvalue weighted by Gasteiger charge is -2.47. The molecule has 0 radical (unpaired) electrons. The highest BCUT2D eigenvalue weighted by atomic mass is 35.5. The van der Waals surface area contributed by atoms with E-state index in [1.165, 1.54) is 0 Å². The van der Waals surface area contributed by atoms with Gasteiger partial charge in [-0.2, -0.15) is 0 Å². The highest BCUT2D eigenvalue weighted by molar-refractivity contribution is 6.30. The molecule has 8 heteroatoms. The maximum absolute atomic E-state index is 13.1. The van der Waals surface area contributed by atoms with Crippen molar-refractivity contribution in [2.45, 2.75) is 38.0 Å². The number of aliphatic hydroxyl groups is 1. The number of esters is 1. The second-order valence-electron chi connectivity index (χ2n) is 8.49. The Bertz CT molecular complexity index is 1020. The Morgan fingerprint density at radius 2 is 1.73 bits per heavy atom. The Morgan fingerprint density at radius 1 is 1.09 bits per heavy atom. The topological polar surface area (TPSA) is 87.2 Å². The standard InChI is InChI=1S/C25H27ClN2O5/c1-2-33-24(32)20-21(29)23(31)28(16-17-6-4-3-5-7-17)25(20)12-14-27(15-13-25)22(30)18-8-10-19(26)11-9-18/h3-11,20-21,29H,2,12-16H2,1H3/t20-,21-/m1/s1. The summed E-state index contributed by atoms with van der Waals surface area (Å²) < 4.78 is 5.25. The number of halogens is 1. The lowest BCUT2D eigenvalue weighted by molar-refractivity contribution is -0.156. The Kier molecular flexibility index (Phi) is 6.72. The van der Waals surface area contributed by atoms with Crippen molar-refractivity contribution in [3.63, 3.8) is 0 Å². The van der Waals surface area contributed by atoms with Crippen molar-refractivity contribution in [1.29, 1.82) is 0 Å². The van der Waals surface area contributed by atoms with E-state index in [9.17, 15) is 19.5 Å². The van der Waals surface area contributed by atoms with Gasteiger partial charge < -0.3 is 19.6 Å². The number of ether oxygens (including phenoxy) is 1. The van der Waals surface area contributed by atoms with Gasteiger partial charge in [0.15, 0.2) is 0 Å². The molecule has 2 fully saturated rings. The van der Waals surface area contributed by atoms with Gasteiger partial charge in [0, 0.05) is 30.2 Å². The van der Waals surface area contributed by atoms with Crippen molar-refractivity contribution in [3.05, 3.63) is 70.7 Å². The van der Waals surface area contributed by atoms with Crippen LogP contribution in [0.4, 0.5) is 0 Å².